The van der Waals surface area contributed by atoms with Crippen LogP contribution in [0.2, 0.25) is 0 Å². The van der Waals surface area contributed by atoms with E-state index in [9.17, 15) is 18.0 Å². The average Bonchev–Trinajstić information content (AvgIpc) is 2.38. The molecule has 0 radical (unpaired) electrons. The molecule has 0 fully saturated rings. The Hall–Kier alpha value is -2.17. The number of nitrogens with zero attached hydrogens (tertiary/aromatic N) is 1. The summed E-state index contributed by atoms with van der Waals surface area (Å²) in [4.78, 5) is 15.7. The highest BCUT2D eigenvalue weighted by atomic mass is 19.3. The number of carbonyl (C=O) groups is 1. The average molecular weight is 251 g/mol. The second kappa shape index (κ2) is 5.00. The number of carbonyl (C=O) groups excluding carboxylic acids is 1. The van der Waals surface area contributed by atoms with Crippen molar-refractivity contribution in [1.82, 2.24) is 4.98 Å². The van der Waals surface area contributed by atoms with E-state index in [1.54, 1.807) is 0 Å². The summed E-state index contributed by atoms with van der Waals surface area (Å²) in [7, 11) is 0. The number of hydrogen-bond donors (Lipinski definition) is 0. The molecule has 2 rings (SSSR count). The third-order valence-corrected chi connectivity index (χ3v) is 2.44. The van der Waals surface area contributed by atoms with E-state index < -0.39 is 23.6 Å². The number of benzene rings is 1. The molecule has 92 valence electrons. The van der Waals surface area contributed by atoms with Gasteiger partial charge in [-0.25, -0.2) is 13.2 Å². The summed E-state index contributed by atoms with van der Waals surface area (Å²) in [6, 6.07) is 5.44. The van der Waals surface area contributed by atoms with Crippen LogP contribution in [0.3, 0.4) is 0 Å². The monoisotopic (exact) mass is 251 g/mol. The molecule has 1 aromatic carbocycles. The van der Waals surface area contributed by atoms with Gasteiger partial charge in [-0.1, -0.05) is 0 Å². The molecule has 0 amide bonds. The molecule has 18 heavy (non-hydrogen) atoms. The fourth-order valence-electron chi connectivity index (χ4n) is 1.57. The Morgan fingerprint density at radius 1 is 1.11 bits per heavy atom. The highest BCUT2D eigenvalue weighted by Crippen LogP contribution is 2.25. The van der Waals surface area contributed by atoms with E-state index in [2.05, 4.69) is 4.98 Å². The lowest BCUT2D eigenvalue weighted by molar-refractivity contribution is 0.102. The van der Waals surface area contributed by atoms with Crippen LogP contribution in [-0.2, 0) is 0 Å². The second-order valence-electron chi connectivity index (χ2n) is 3.60. The van der Waals surface area contributed by atoms with Crippen molar-refractivity contribution >= 4 is 5.78 Å². The SMILES string of the molecule is O=C(c1ccncc1)c1cc(F)ccc1C(F)F. The van der Waals surface area contributed by atoms with Crippen LogP contribution in [0.1, 0.15) is 27.9 Å². The van der Waals surface area contributed by atoms with Crippen molar-refractivity contribution in [3.63, 3.8) is 0 Å². The molecule has 0 saturated carbocycles. The zero-order valence-electron chi connectivity index (χ0n) is 9.11. The number of rotatable bonds is 3. The third-order valence-electron chi connectivity index (χ3n) is 2.44. The van der Waals surface area contributed by atoms with Gasteiger partial charge in [0.1, 0.15) is 5.82 Å². The van der Waals surface area contributed by atoms with Crippen LogP contribution in [-0.4, -0.2) is 10.8 Å². The highest BCUT2D eigenvalue weighted by molar-refractivity contribution is 6.09. The maximum absolute atomic E-state index is 13.1. The fraction of sp³-hybridized carbons (Fsp3) is 0.0769. The van der Waals surface area contributed by atoms with E-state index in [1.807, 2.05) is 0 Å². The van der Waals surface area contributed by atoms with Crippen molar-refractivity contribution in [1.29, 1.82) is 0 Å². The van der Waals surface area contributed by atoms with Crippen LogP contribution in [0.4, 0.5) is 13.2 Å². The molecule has 0 aliphatic heterocycles. The van der Waals surface area contributed by atoms with E-state index in [0.29, 0.717) is 0 Å². The predicted molar refractivity (Wildman–Crippen MR) is 59.0 cm³/mol. The number of alkyl halides is 2. The largest absolute Gasteiger partial charge is 0.289 e. The van der Waals surface area contributed by atoms with Crippen molar-refractivity contribution in [2.75, 3.05) is 0 Å². The Bertz CT molecular complexity index is 570. The number of ketones is 1. The minimum atomic E-state index is -2.83. The molecule has 2 nitrogen and oxygen atoms in total. The van der Waals surface area contributed by atoms with Crippen LogP contribution in [0.25, 0.3) is 0 Å². The van der Waals surface area contributed by atoms with Crippen molar-refractivity contribution in [3.8, 4) is 0 Å². The Labute approximate surface area is 101 Å². The van der Waals surface area contributed by atoms with Crippen molar-refractivity contribution in [3.05, 3.63) is 65.2 Å². The molecule has 1 heterocycles. The maximum atomic E-state index is 13.1. The van der Waals surface area contributed by atoms with Crippen LogP contribution < -0.4 is 0 Å². The van der Waals surface area contributed by atoms with Gasteiger partial charge in [0.2, 0.25) is 0 Å². The molecule has 0 saturated heterocycles. The fourth-order valence-corrected chi connectivity index (χ4v) is 1.57. The minimum absolute atomic E-state index is 0.192. The molecule has 2 aromatic rings. The smallest absolute Gasteiger partial charge is 0.264 e. The lowest BCUT2D eigenvalue weighted by Gasteiger charge is -2.08. The number of pyridine rings is 1. The first-order valence-electron chi connectivity index (χ1n) is 5.12. The van der Waals surface area contributed by atoms with Gasteiger partial charge >= 0.3 is 0 Å². The number of aromatic nitrogens is 1. The van der Waals surface area contributed by atoms with E-state index in [1.165, 1.54) is 24.5 Å². The molecule has 0 aliphatic carbocycles. The Kier molecular flexibility index (Phi) is 3.41. The molecule has 0 spiro atoms. The van der Waals surface area contributed by atoms with Gasteiger partial charge in [0.25, 0.3) is 6.43 Å². The molecule has 0 atom stereocenters. The first-order chi connectivity index (χ1) is 8.59. The summed E-state index contributed by atoms with van der Waals surface area (Å²) in [5.74, 6) is -1.37. The molecule has 0 N–H and O–H groups in total. The van der Waals surface area contributed by atoms with Crippen LogP contribution in [0.5, 0.6) is 0 Å². The second-order valence-corrected chi connectivity index (χ2v) is 3.60. The molecule has 0 bridgehead atoms. The Morgan fingerprint density at radius 3 is 2.39 bits per heavy atom. The molecule has 5 heteroatoms. The standard InChI is InChI=1S/C13H8F3NO/c14-9-1-2-10(13(15)16)11(7-9)12(18)8-3-5-17-6-4-8/h1-7,13H. The zero-order valence-corrected chi connectivity index (χ0v) is 9.11. The maximum Gasteiger partial charge on any atom is 0.264 e. The first-order valence-corrected chi connectivity index (χ1v) is 5.12. The number of halogens is 3. The summed E-state index contributed by atoms with van der Waals surface area (Å²) in [5, 5.41) is 0. The quantitative estimate of drug-likeness (QED) is 0.782. The molecular weight excluding hydrogens is 243 g/mol. The van der Waals surface area contributed by atoms with E-state index in [-0.39, 0.29) is 11.1 Å². The normalized spacial score (nSPS) is 10.7. The van der Waals surface area contributed by atoms with Gasteiger partial charge in [-0.05, 0) is 30.3 Å². The molecule has 0 aliphatic rings. The van der Waals surface area contributed by atoms with Gasteiger partial charge in [0.05, 0.1) is 0 Å². The summed E-state index contributed by atoms with van der Waals surface area (Å²) >= 11 is 0. The topological polar surface area (TPSA) is 30.0 Å². The molecule has 1 aromatic heterocycles. The van der Waals surface area contributed by atoms with Gasteiger partial charge < -0.3 is 0 Å². The third kappa shape index (κ3) is 2.40. The predicted octanol–water partition coefficient (Wildman–Crippen LogP) is 3.39. The summed E-state index contributed by atoms with van der Waals surface area (Å²) in [5.41, 5.74) is -0.605. The van der Waals surface area contributed by atoms with Gasteiger partial charge in [-0.2, -0.15) is 0 Å². The van der Waals surface area contributed by atoms with Crippen molar-refractivity contribution in [2.24, 2.45) is 0 Å². The van der Waals surface area contributed by atoms with Crippen molar-refractivity contribution in [2.45, 2.75) is 6.43 Å². The van der Waals surface area contributed by atoms with E-state index in [4.69, 9.17) is 0 Å². The minimum Gasteiger partial charge on any atom is -0.289 e. The molecule has 0 unspecified atom stereocenters. The Morgan fingerprint density at radius 2 is 1.78 bits per heavy atom. The van der Waals surface area contributed by atoms with Gasteiger partial charge in [-0.15, -0.1) is 0 Å². The van der Waals surface area contributed by atoms with Gasteiger partial charge in [0.15, 0.2) is 5.78 Å². The van der Waals surface area contributed by atoms with E-state index >= 15 is 0 Å². The zero-order chi connectivity index (χ0) is 13.1. The first kappa shape index (κ1) is 12.3. The van der Waals surface area contributed by atoms with Crippen LogP contribution in [0, 0.1) is 5.82 Å². The summed E-state index contributed by atoms with van der Waals surface area (Å²) < 4.78 is 38.6. The highest BCUT2D eigenvalue weighted by Gasteiger charge is 2.20. The van der Waals surface area contributed by atoms with E-state index in [0.717, 1.165) is 18.2 Å². The number of hydrogen-bond acceptors (Lipinski definition) is 2. The van der Waals surface area contributed by atoms with Crippen molar-refractivity contribution < 1.29 is 18.0 Å². The van der Waals surface area contributed by atoms with Gasteiger partial charge in [-0.3, -0.25) is 9.78 Å². The lowest BCUT2D eigenvalue weighted by Crippen LogP contribution is -2.06. The van der Waals surface area contributed by atoms with Crippen LogP contribution >= 0.6 is 0 Å². The Balaban J connectivity index is 2.50. The molecular formula is C13H8F3NO. The lowest BCUT2D eigenvalue weighted by atomic mass is 9.99. The van der Waals surface area contributed by atoms with Crippen LogP contribution in [0.15, 0.2) is 42.7 Å². The summed E-state index contributed by atoms with van der Waals surface area (Å²) in [6.45, 7) is 0. The van der Waals surface area contributed by atoms with Gasteiger partial charge in [0, 0.05) is 29.1 Å². The summed E-state index contributed by atoms with van der Waals surface area (Å²) in [6.07, 6.45) is -0.0882.